The van der Waals surface area contributed by atoms with Gasteiger partial charge in [0.15, 0.2) is 5.78 Å². The molecule has 25 heavy (non-hydrogen) atoms. The number of likely N-dealkylation sites (N-methyl/N-ethyl adjacent to an activating group) is 1. The van der Waals surface area contributed by atoms with Crippen molar-refractivity contribution in [1.29, 1.82) is 0 Å². The monoisotopic (exact) mass is 358 g/mol. The van der Waals surface area contributed by atoms with Gasteiger partial charge in [0.1, 0.15) is 0 Å². The number of carbonyl (C=O) groups excluding carboxylic acids is 2. The van der Waals surface area contributed by atoms with Crippen LogP contribution in [0.1, 0.15) is 34.8 Å². The number of ketones is 1. The molecule has 0 aliphatic heterocycles. The first kappa shape index (κ1) is 19.2. The molecule has 2 aromatic rings. The summed E-state index contributed by atoms with van der Waals surface area (Å²) in [5, 5.41) is 3.44. The summed E-state index contributed by atoms with van der Waals surface area (Å²) in [5.74, 6) is -0.206. The van der Waals surface area contributed by atoms with Crippen molar-refractivity contribution in [3.63, 3.8) is 0 Å². The first-order chi connectivity index (χ1) is 12.0. The lowest BCUT2D eigenvalue weighted by Crippen LogP contribution is -2.34. The average Bonchev–Trinajstić information content (AvgIpc) is 2.60. The molecule has 4 nitrogen and oxygen atoms in total. The van der Waals surface area contributed by atoms with Gasteiger partial charge in [0.05, 0.1) is 6.04 Å². The van der Waals surface area contributed by atoms with Crippen LogP contribution in [0.25, 0.3) is 0 Å². The van der Waals surface area contributed by atoms with Crippen molar-refractivity contribution in [2.45, 2.75) is 18.9 Å². The van der Waals surface area contributed by atoms with Crippen molar-refractivity contribution in [3.05, 3.63) is 70.7 Å². The molecule has 1 atom stereocenters. The van der Waals surface area contributed by atoms with Gasteiger partial charge < -0.3 is 10.2 Å². The van der Waals surface area contributed by atoms with E-state index in [1.807, 2.05) is 44.4 Å². The number of halogens is 1. The smallest absolute Gasteiger partial charge is 0.220 e. The fraction of sp³-hybridized carbons (Fsp3) is 0.300. The molecule has 0 bridgehead atoms. The second kappa shape index (κ2) is 9.35. The van der Waals surface area contributed by atoms with Gasteiger partial charge in [0, 0.05) is 30.0 Å². The Labute approximate surface area is 153 Å². The van der Waals surface area contributed by atoms with E-state index in [1.54, 1.807) is 24.3 Å². The van der Waals surface area contributed by atoms with Gasteiger partial charge in [0.25, 0.3) is 0 Å². The van der Waals surface area contributed by atoms with Crippen LogP contribution in [0, 0.1) is 0 Å². The first-order valence-corrected chi connectivity index (χ1v) is 8.62. The normalized spacial score (nSPS) is 12.0. The summed E-state index contributed by atoms with van der Waals surface area (Å²) in [7, 11) is 3.96. The number of rotatable bonds is 8. The molecule has 1 amide bonds. The molecule has 1 N–H and O–H groups in total. The van der Waals surface area contributed by atoms with E-state index in [2.05, 4.69) is 10.2 Å². The lowest BCUT2D eigenvalue weighted by Gasteiger charge is -2.25. The second-order valence-corrected chi connectivity index (χ2v) is 6.56. The SMILES string of the molecule is CN(C)C(CNC(=O)CCC(=O)c1cccc(Cl)c1)c1ccccc1. The van der Waals surface area contributed by atoms with Crippen molar-refractivity contribution in [2.24, 2.45) is 0 Å². The van der Waals surface area contributed by atoms with E-state index in [-0.39, 0.29) is 30.6 Å². The third-order valence-electron chi connectivity index (χ3n) is 4.03. The molecule has 0 radical (unpaired) electrons. The molecular weight excluding hydrogens is 336 g/mol. The van der Waals surface area contributed by atoms with Gasteiger partial charge in [-0.05, 0) is 31.8 Å². The molecule has 2 rings (SSSR count). The highest BCUT2D eigenvalue weighted by Gasteiger charge is 2.15. The van der Waals surface area contributed by atoms with E-state index in [9.17, 15) is 9.59 Å². The molecule has 2 aromatic carbocycles. The molecule has 0 spiro atoms. The van der Waals surface area contributed by atoms with Gasteiger partial charge in [-0.2, -0.15) is 0 Å². The third-order valence-corrected chi connectivity index (χ3v) is 4.26. The van der Waals surface area contributed by atoms with E-state index in [0.29, 0.717) is 17.1 Å². The van der Waals surface area contributed by atoms with E-state index in [0.717, 1.165) is 5.56 Å². The van der Waals surface area contributed by atoms with Crippen LogP contribution in [0.15, 0.2) is 54.6 Å². The Hall–Kier alpha value is -2.17. The summed E-state index contributed by atoms with van der Waals surface area (Å²) in [4.78, 5) is 26.3. The minimum absolute atomic E-state index is 0.0788. The number of amides is 1. The molecule has 0 saturated heterocycles. The van der Waals surface area contributed by atoms with Crippen molar-refractivity contribution in [2.75, 3.05) is 20.6 Å². The summed E-state index contributed by atoms with van der Waals surface area (Å²) in [6.45, 7) is 0.501. The molecule has 0 saturated carbocycles. The molecule has 0 fully saturated rings. The maximum Gasteiger partial charge on any atom is 0.220 e. The maximum absolute atomic E-state index is 12.1. The molecule has 132 valence electrons. The lowest BCUT2D eigenvalue weighted by molar-refractivity contribution is -0.121. The van der Waals surface area contributed by atoms with Crippen LogP contribution in [0.4, 0.5) is 0 Å². The Bertz CT molecular complexity index is 717. The molecule has 0 aliphatic rings. The zero-order valence-corrected chi connectivity index (χ0v) is 15.3. The van der Waals surface area contributed by atoms with Gasteiger partial charge in [0.2, 0.25) is 5.91 Å². The number of nitrogens with one attached hydrogen (secondary N) is 1. The number of nitrogens with zero attached hydrogens (tertiary/aromatic N) is 1. The Morgan fingerprint density at radius 1 is 1.04 bits per heavy atom. The van der Waals surface area contributed by atoms with E-state index in [1.165, 1.54) is 0 Å². The molecule has 5 heteroatoms. The zero-order valence-electron chi connectivity index (χ0n) is 14.5. The van der Waals surface area contributed by atoms with Crippen LogP contribution in [0.2, 0.25) is 5.02 Å². The number of benzene rings is 2. The number of hydrogen-bond acceptors (Lipinski definition) is 3. The molecule has 0 aromatic heterocycles. The van der Waals surface area contributed by atoms with Gasteiger partial charge in [-0.15, -0.1) is 0 Å². The molecular formula is C20H23ClN2O2. The quantitative estimate of drug-likeness (QED) is 0.731. The summed E-state index contributed by atoms with van der Waals surface area (Å²) in [5.41, 5.74) is 1.68. The fourth-order valence-electron chi connectivity index (χ4n) is 2.61. The minimum atomic E-state index is -0.127. The lowest BCUT2D eigenvalue weighted by atomic mass is 10.1. The van der Waals surface area contributed by atoms with Crippen molar-refractivity contribution in [3.8, 4) is 0 Å². The van der Waals surface area contributed by atoms with Gasteiger partial charge in [-0.25, -0.2) is 0 Å². The Balaban J connectivity index is 1.84. The van der Waals surface area contributed by atoms with E-state index >= 15 is 0 Å². The largest absolute Gasteiger partial charge is 0.354 e. The average molecular weight is 359 g/mol. The van der Waals surface area contributed by atoms with Crippen LogP contribution >= 0.6 is 11.6 Å². The third kappa shape index (κ3) is 6.00. The van der Waals surface area contributed by atoms with Crippen LogP contribution in [-0.4, -0.2) is 37.2 Å². The molecule has 1 unspecified atom stereocenters. The van der Waals surface area contributed by atoms with Crippen LogP contribution in [0.5, 0.6) is 0 Å². The Kier molecular flexibility index (Phi) is 7.16. The van der Waals surface area contributed by atoms with Gasteiger partial charge in [-0.1, -0.05) is 54.1 Å². The summed E-state index contributed by atoms with van der Waals surface area (Å²) in [6.07, 6.45) is 0.338. The van der Waals surface area contributed by atoms with Crippen LogP contribution < -0.4 is 5.32 Å². The highest BCUT2D eigenvalue weighted by Crippen LogP contribution is 2.17. The summed E-state index contributed by atoms with van der Waals surface area (Å²) >= 11 is 5.89. The van der Waals surface area contributed by atoms with Crippen LogP contribution in [-0.2, 0) is 4.79 Å². The van der Waals surface area contributed by atoms with Crippen molar-refractivity contribution < 1.29 is 9.59 Å². The first-order valence-electron chi connectivity index (χ1n) is 8.24. The summed E-state index contributed by atoms with van der Waals surface area (Å²) < 4.78 is 0. The predicted molar refractivity (Wildman–Crippen MR) is 101 cm³/mol. The Morgan fingerprint density at radius 3 is 2.40 bits per heavy atom. The number of hydrogen-bond donors (Lipinski definition) is 1. The maximum atomic E-state index is 12.1. The van der Waals surface area contributed by atoms with Gasteiger partial charge in [-0.3, -0.25) is 9.59 Å². The van der Waals surface area contributed by atoms with E-state index < -0.39 is 0 Å². The minimum Gasteiger partial charge on any atom is -0.354 e. The predicted octanol–water partition coefficient (Wildman–Crippen LogP) is 3.72. The molecule has 0 heterocycles. The topological polar surface area (TPSA) is 49.4 Å². The van der Waals surface area contributed by atoms with Crippen molar-refractivity contribution >= 4 is 23.3 Å². The Morgan fingerprint density at radius 2 is 1.76 bits per heavy atom. The molecule has 0 aliphatic carbocycles. The van der Waals surface area contributed by atoms with E-state index in [4.69, 9.17) is 11.6 Å². The van der Waals surface area contributed by atoms with Crippen molar-refractivity contribution in [1.82, 2.24) is 10.2 Å². The fourth-order valence-corrected chi connectivity index (χ4v) is 2.80. The number of carbonyl (C=O) groups is 2. The van der Waals surface area contributed by atoms with Gasteiger partial charge >= 0.3 is 0 Å². The highest BCUT2D eigenvalue weighted by molar-refractivity contribution is 6.31. The van der Waals surface area contributed by atoms with Crippen LogP contribution in [0.3, 0.4) is 0 Å². The highest BCUT2D eigenvalue weighted by atomic mass is 35.5. The number of Topliss-reactive ketones (excluding diaryl/α,β-unsaturated/α-hetero) is 1. The standard InChI is InChI=1S/C20H23ClN2O2/c1-23(2)18(15-7-4-3-5-8-15)14-22-20(25)12-11-19(24)16-9-6-10-17(21)13-16/h3-10,13,18H,11-12,14H2,1-2H3,(H,22,25). The zero-order chi connectivity index (χ0) is 18.2. The summed E-state index contributed by atoms with van der Waals surface area (Å²) in [6, 6.07) is 16.9. The second-order valence-electron chi connectivity index (χ2n) is 6.13.